The highest BCUT2D eigenvalue weighted by atomic mass is 16.3. The number of rotatable bonds is 2. The van der Waals surface area contributed by atoms with Crippen molar-refractivity contribution in [2.45, 2.75) is 6.92 Å². The first-order valence-electron chi connectivity index (χ1n) is 5.76. The molecule has 3 rings (SSSR count). The summed E-state index contributed by atoms with van der Waals surface area (Å²) >= 11 is 0. The van der Waals surface area contributed by atoms with Crippen molar-refractivity contribution in [1.82, 2.24) is 4.98 Å². The third-order valence-electron chi connectivity index (χ3n) is 2.75. The van der Waals surface area contributed by atoms with Crippen molar-refractivity contribution in [3.05, 3.63) is 60.3 Å². The Balaban J connectivity index is 2.02. The quantitative estimate of drug-likeness (QED) is 0.633. The second kappa shape index (κ2) is 4.45. The van der Waals surface area contributed by atoms with Crippen molar-refractivity contribution in [2.75, 3.05) is 0 Å². The molecule has 0 N–H and O–H groups in total. The van der Waals surface area contributed by atoms with Gasteiger partial charge in [-0.3, -0.25) is 9.98 Å². The largest absolute Gasteiger partial charge is 0.460 e. The molecule has 0 aliphatic heterocycles. The highest BCUT2D eigenvalue weighted by Gasteiger charge is 1.99. The van der Waals surface area contributed by atoms with Crippen molar-refractivity contribution in [1.29, 1.82) is 0 Å². The van der Waals surface area contributed by atoms with Gasteiger partial charge in [0.05, 0.1) is 11.9 Å². The maximum Gasteiger partial charge on any atom is 0.145 e. The Hall–Kier alpha value is -2.42. The van der Waals surface area contributed by atoms with Crippen molar-refractivity contribution in [3.8, 4) is 0 Å². The van der Waals surface area contributed by atoms with E-state index in [9.17, 15) is 0 Å². The number of aromatic nitrogens is 1. The Labute approximate surface area is 105 Å². The standard InChI is InChI=1S/C15H12N2O/c1-11-5-6-13(18-11)10-17-15-4-2-3-12-9-16-8-7-14(12)15/h2-10H,1H3. The van der Waals surface area contributed by atoms with Crippen LogP contribution in [0.4, 0.5) is 5.69 Å². The molecule has 0 saturated heterocycles. The third-order valence-corrected chi connectivity index (χ3v) is 2.75. The molecule has 3 aromatic rings. The van der Waals surface area contributed by atoms with E-state index >= 15 is 0 Å². The summed E-state index contributed by atoms with van der Waals surface area (Å²) in [5.74, 6) is 1.65. The molecule has 0 atom stereocenters. The van der Waals surface area contributed by atoms with Crippen molar-refractivity contribution < 1.29 is 4.42 Å². The lowest BCUT2D eigenvalue weighted by Crippen LogP contribution is -1.78. The van der Waals surface area contributed by atoms with E-state index in [1.54, 1.807) is 12.4 Å². The number of furan rings is 1. The van der Waals surface area contributed by atoms with Gasteiger partial charge in [0.1, 0.15) is 11.5 Å². The van der Waals surface area contributed by atoms with Crippen LogP contribution in [0.2, 0.25) is 0 Å². The second-order valence-electron chi connectivity index (χ2n) is 4.08. The number of nitrogens with zero attached hydrogens (tertiary/aromatic N) is 2. The maximum atomic E-state index is 5.46. The summed E-state index contributed by atoms with van der Waals surface area (Å²) < 4.78 is 5.46. The van der Waals surface area contributed by atoms with Crippen LogP contribution in [0, 0.1) is 6.92 Å². The van der Waals surface area contributed by atoms with Gasteiger partial charge in [-0.25, -0.2) is 0 Å². The van der Waals surface area contributed by atoms with Crippen LogP contribution in [0.3, 0.4) is 0 Å². The Bertz CT molecular complexity index is 708. The third kappa shape index (κ3) is 2.02. The number of aliphatic imine (C=N–C) groups is 1. The van der Waals surface area contributed by atoms with E-state index in [1.807, 2.05) is 49.5 Å². The fourth-order valence-electron chi connectivity index (χ4n) is 1.87. The van der Waals surface area contributed by atoms with E-state index in [2.05, 4.69) is 9.98 Å². The number of pyridine rings is 1. The van der Waals surface area contributed by atoms with Gasteiger partial charge in [0, 0.05) is 23.2 Å². The van der Waals surface area contributed by atoms with Crippen LogP contribution >= 0.6 is 0 Å². The Kier molecular flexibility index (Phi) is 2.65. The van der Waals surface area contributed by atoms with Crippen molar-refractivity contribution >= 4 is 22.7 Å². The lowest BCUT2D eigenvalue weighted by Gasteiger charge is -1.99. The maximum absolute atomic E-state index is 5.46. The molecule has 0 aliphatic rings. The Morgan fingerprint density at radius 1 is 1.17 bits per heavy atom. The first-order valence-corrected chi connectivity index (χ1v) is 5.76. The van der Waals surface area contributed by atoms with E-state index in [4.69, 9.17) is 4.42 Å². The average molecular weight is 236 g/mol. The molecule has 0 saturated carbocycles. The molecule has 0 amide bonds. The van der Waals surface area contributed by atoms with Gasteiger partial charge in [-0.05, 0) is 31.2 Å². The average Bonchev–Trinajstić information content (AvgIpc) is 2.82. The van der Waals surface area contributed by atoms with Crippen LogP contribution in [0.5, 0.6) is 0 Å². The fraction of sp³-hybridized carbons (Fsp3) is 0.0667. The molecular formula is C15H12N2O. The van der Waals surface area contributed by atoms with Gasteiger partial charge >= 0.3 is 0 Å². The van der Waals surface area contributed by atoms with Gasteiger partial charge in [0.2, 0.25) is 0 Å². The van der Waals surface area contributed by atoms with Gasteiger partial charge in [-0.1, -0.05) is 12.1 Å². The molecule has 2 aromatic heterocycles. The molecule has 2 heterocycles. The summed E-state index contributed by atoms with van der Waals surface area (Å²) in [4.78, 5) is 8.58. The summed E-state index contributed by atoms with van der Waals surface area (Å²) in [6.07, 6.45) is 5.35. The van der Waals surface area contributed by atoms with Gasteiger partial charge in [0.15, 0.2) is 0 Å². The number of hydrogen-bond donors (Lipinski definition) is 0. The van der Waals surface area contributed by atoms with Crippen LogP contribution in [0.1, 0.15) is 11.5 Å². The SMILES string of the molecule is Cc1ccc(C=Nc2cccc3cnccc23)o1. The zero-order valence-corrected chi connectivity index (χ0v) is 10.00. The molecule has 18 heavy (non-hydrogen) atoms. The van der Waals surface area contributed by atoms with Crippen LogP contribution in [0.15, 0.2) is 58.2 Å². The zero-order valence-electron chi connectivity index (χ0n) is 10.00. The molecule has 1 aromatic carbocycles. The summed E-state index contributed by atoms with van der Waals surface area (Å²) in [5.41, 5.74) is 0.920. The Morgan fingerprint density at radius 2 is 2.11 bits per heavy atom. The van der Waals surface area contributed by atoms with E-state index < -0.39 is 0 Å². The second-order valence-corrected chi connectivity index (χ2v) is 4.08. The molecular weight excluding hydrogens is 224 g/mol. The van der Waals surface area contributed by atoms with Gasteiger partial charge in [0.25, 0.3) is 0 Å². The molecule has 0 radical (unpaired) electrons. The molecule has 0 bridgehead atoms. The first kappa shape index (κ1) is 10.7. The molecule has 3 heteroatoms. The summed E-state index contributed by atoms with van der Waals surface area (Å²) in [6, 6.07) is 11.8. The number of hydrogen-bond acceptors (Lipinski definition) is 3. The van der Waals surface area contributed by atoms with E-state index in [0.29, 0.717) is 0 Å². The van der Waals surface area contributed by atoms with Crippen LogP contribution < -0.4 is 0 Å². The number of aryl methyl sites for hydroxylation is 1. The molecule has 0 spiro atoms. The molecule has 0 aliphatic carbocycles. The minimum absolute atomic E-state index is 0.763. The van der Waals surface area contributed by atoms with Crippen LogP contribution in [0.25, 0.3) is 10.8 Å². The smallest absolute Gasteiger partial charge is 0.145 e. The highest BCUT2D eigenvalue weighted by Crippen LogP contribution is 2.24. The van der Waals surface area contributed by atoms with Crippen molar-refractivity contribution in [2.24, 2.45) is 4.99 Å². The topological polar surface area (TPSA) is 38.4 Å². The summed E-state index contributed by atoms with van der Waals surface area (Å²) in [6.45, 7) is 1.92. The molecule has 0 unspecified atom stereocenters. The Morgan fingerprint density at radius 3 is 2.94 bits per heavy atom. The van der Waals surface area contributed by atoms with Gasteiger partial charge in [-0.15, -0.1) is 0 Å². The molecule has 3 nitrogen and oxygen atoms in total. The fourth-order valence-corrected chi connectivity index (χ4v) is 1.87. The summed E-state index contributed by atoms with van der Waals surface area (Å²) in [7, 11) is 0. The minimum atomic E-state index is 0.763. The predicted octanol–water partition coefficient (Wildman–Crippen LogP) is 3.89. The lowest BCUT2D eigenvalue weighted by atomic mass is 10.1. The molecule has 88 valence electrons. The van der Waals surface area contributed by atoms with E-state index in [-0.39, 0.29) is 0 Å². The summed E-state index contributed by atoms with van der Waals surface area (Å²) in [5, 5.41) is 2.18. The molecule has 0 fully saturated rings. The van der Waals surface area contributed by atoms with Crippen LogP contribution in [-0.4, -0.2) is 11.2 Å². The van der Waals surface area contributed by atoms with Crippen molar-refractivity contribution in [3.63, 3.8) is 0 Å². The monoisotopic (exact) mass is 236 g/mol. The van der Waals surface area contributed by atoms with Gasteiger partial charge < -0.3 is 4.42 Å². The van der Waals surface area contributed by atoms with E-state index in [1.165, 1.54) is 0 Å². The van der Waals surface area contributed by atoms with Gasteiger partial charge in [-0.2, -0.15) is 0 Å². The van der Waals surface area contributed by atoms with Crippen LogP contribution in [-0.2, 0) is 0 Å². The first-order chi connectivity index (χ1) is 8.83. The number of fused-ring (bicyclic) bond motifs is 1. The predicted molar refractivity (Wildman–Crippen MR) is 72.4 cm³/mol. The highest BCUT2D eigenvalue weighted by molar-refractivity contribution is 5.94. The lowest BCUT2D eigenvalue weighted by molar-refractivity contribution is 0.528. The normalized spacial score (nSPS) is 11.4. The minimum Gasteiger partial charge on any atom is -0.460 e. The number of benzene rings is 1. The van der Waals surface area contributed by atoms with E-state index in [0.717, 1.165) is 28.0 Å². The zero-order chi connectivity index (χ0) is 12.4.